The maximum absolute atomic E-state index is 11.9. The molecule has 7 nitrogen and oxygen atoms in total. The summed E-state index contributed by atoms with van der Waals surface area (Å²) >= 11 is 0. The van der Waals surface area contributed by atoms with Gasteiger partial charge in [0.05, 0.1) is 39.4 Å². The largest absolute Gasteiger partial charge is 0.496 e. The second kappa shape index (κ2) is 7.08. The van der Waals surface area contributed by atoms with Crippen LogP contribution in [0.1, 0.15) is 17.3 Å². The molecule has 0 spiro atoms. The molecule has 0 amide bonds. The molecule has 0 unspecified atom stereocenters. The Bertz CT molecular complexity index is 795. The first kappa shape index (κ1) is 17.4. The molecule has 2 aromatic carbocycles. The Hall–Kier alpha value is -2.96. The lowest BCUT2D eigenvalue weighted by atomic mass is 10.0. The van der Waals surface area contributed by atoms with Gasteiger partial charge in [-0.15, -0.1) is 0 Å². The van der Waals surface area contributed by atoms with Gasteiger partial charge in [-0.2, -0.15) is 0 Å². The van der Waals surface area contributed by atoms with Gasteiger partial charge in [0.15, 0.2) is 11.5 Å². The van der Waals surface area contributed by atoms with Crippen LogP contribution in [0.2, 0.25) is 0 Å². The first-order chi connectivity index (χ1) is 11.5. The van der Waals surface area contributed by atoms with E-state index >= 15 is 0 Å². The average molecular weight is 334 g/mol. The van der Waals surface area contributed by atoms with Gasteiger partial charge in [0.25, 0.3) is 0 Å². The minimum Gasteiger partial charge on any atom is -0.496 e. The number of benzene rings is 2. The van der Waals surface area contributed by atoms with Gasteiger partial charge < -0.3 is 23.7 Å². The fraction of sp³-hybridized carbons (Fsp3) is 0.294. The summed E-state index contributed by atoms with van der Waals surface area (Å²) in [5.74, 6) is 0.239. The van der Waals surface area contributed by atoms with E-state index in [1.54, 1.807) is 12.1 Å². The van der Waals surface area contributed by atoms with Crippen molar-refractivity contribution in [2.24, 2.45) is 0 Å². The van der Waals surface area contributed by atoms with E-state index in [4.69, 9.17) is 23.7 Å². The number of rotatable bonds is 5. The molecule has 128 valence electrons. The van der Waals surface area contributed by atoms with Crippen LogP contribution in [-0.4, -0.2) is 40.4 Å². The predicted octanol–water partition coefficient (Wildman–Crippen LogP) is 2.58. The summed E-state index contributed by atoms with van der Waals surface area (Å²) in [7, 11) is 5.70. The number of ether oxygens (including phenoxy) is 5. The average Bonchev–Trinajstić information content (AvgIpc) is 2.58. The maximum Gasteiger partial charge on any atom is 0.338 e. The summed E-state index contributed by atoms with van der Waals surface area (Å²) < 4.78 is 26.1. The Kier molecular flexibility index (Phi) is 5.13. The summed E-state index contributed by atoms with van der Waals surface area (Å²) in [5.41, 5.74) is 0.215. The molecule has 0 aliphatic rings. The third-order valence-electron chi connectivity index (χ3n) is 3.40. The van der Waals surface area contributed by atoms with Gasteiger partial charge in [0, 0.05) is 18.4 Å². The molecule has 2 aromatic rings. The highest BCUT2D eigenvalue weighted by Gasteiger charge is 2.22. The standard InChI is InChI=1S/C17H18O7/c1-9(18)24-13-7-10(17(19)23-5)6-11-12(20-2)8-14(21-3)16(22-4)15(11)13/h6-8H,1-5H3. The van der Waals surface area contributed by atoms with Crippen molar-refractivity contribution in [3.8, 4) is 23.0 Å². The smallest absolute Gasteiger partial charge is 0.338 e. The summed E-state index contributed by atoms with van der Waals surface area (Å²) in [4.78, 5) is 23.4. The second-order valence-electron chi connectivity index (χ2n) is 4.80. The molecule has 24 heavy (non-hydrogen) atoms. The molecule has 0 saturated heterocycles. The van der Waals surface area contributed by atoms with Crippen LogP contribution in [-0.2, 0) is 9.53 Å². The van der Waals surface area contributed by atoms with Crippen LogP contribution < -0.4 is 18.9 Å². The van der Waals surface area contributed by atoms with Crippen molar-refractivity contribution in [3.63, 3.8) is 0 Å². The number of hydrogen-bond acceptors (Lipinski definition) is 7. The zero-order chi connectivity index (χ0) is 17.9. The maximum atomic E-state index is 11.9. The van der Waals surface area contributed by atoms with E-state index in [1.807, 2.05) is 0 Å². The highest BCUT2D eigenvalue weighted by Crippen LogP contribution is 2.46. The van der Waals surface area contributed by atoms with Crippen LogP contribution in [0.25, 0.3) is 10.8 Å². The monoisotopic (exact) mass is 334 g/mol. The topological polar surface area (TPSA) is 80.3 Å². The summed E-state index contributed by atoms with van der Waals surface area (Å²) in [6, 6.07) is 4.62. The number of carbonyl (C=O) groups is 2. The fourth-order valence-electron chi connectivity index (χ4n) is 2.42. The van der Waals surface area contributed by atoms with Crippen molar-refractivity contribution in [1.29, 1.82) is 0 Å². The Morgan fingerprint density at radius 3 is 2.00 bits per heavy atom. The zero-order valence-corrected chi connectivity index (χ0v) is 14.1. The lowest BCUT2D eigenvalue weighted by Crippen LogP contribution is -2.07. The molecule has 0 saturated carbocycles. The molecule has 0 radical (unpaired) electrons. The first-order valence-corrected chi connectivity index (χ1v) is 7.00. The van der Waals surface area contributed by atoms with Gasteiger partial charge in [-0.1, -0.05) is 0 Å². The predicted molar refractivity (Wildman–Crippen MR) is 86.3 cm³/mol. The molecular weight excluding hydrogens is 316 g/mol. The van der Waals surface area contributed by atoms with E-state index < -0.39 is 11.9 Å². The zero-order valence-electron chi connectivity index (χ0n) is 14.1. The van der Waals surface area contributed by atoms with E-state index in [0.29, 0.717) is 28.0 Å². The van der Waals surface area contributed by atoms with Crippen molar-refractivity contribution in [3.05, 3.63) is 23.8 Å². The first-order valence-electron chi connectivity index (χ1n) is 7.00. The minimum atomic E-state index is -0.567. The van der Waals surface area contributed by atoms with Gasteiger partial charge in [0.1, 0.15) is 11.5 Å². The van der Waals surface area contributed by atoms with E-state index in [-0.39, 0.29) is 11.3 Å². The minimum absolute atomic E-state index is 0.148. The third kappa shape index (κ3) is 3.05. The van der Waals surface area contributed by atoms with Crippen molar-refractivity contribution in [1.82, 2.24) is 0 Å². The van der Waals surface area contributed by atoms with Gasteiger partial charge in [-0.25, -0.2) is 4.79 Å². The number of hydrogen-bond donors (Lipinski definition) is 0. The number of methoxy groups -OCH3 is 4. The SMILES string of the molecule is COC(=O)c1cc(OC(C)=O)c2c(OC)c(OC)cc(OC)c2c1. The van der Waals surface area contributed by atoms with Gasteiger partial charge in [-0.3, -0.25) is 4.79 Å². The van der Waals surface area contributed by atoms with Crippen molar-refractivity contribution < 1.29 is 33.3 Å². The second-order valence-corrected chi connectivity index (χ2v) is 4.80. The molecule has 0 fully saturated rings. The lowest BCUT2D eigenvalue weighted by molar-refractivity contribution is -0.131. The van der Waals surface area contributed by atoms with Crippen LogP contribution in [0, 0.1) is 0 Å². The van der Waals surface area contributed by atoms with E-state index in [1.165, 1.54) is 41.4 Å². The van der Waals surface area contributed by atoms with E-state index in [0.717, 1.165) is 0 Å². The molecule has 2 rings (SSSR count). The number of fused-ring (bicyclic) bond motifs is 1. The molecule has 0 bridgehead atoms. The molecule has 7 heteroatoms. The number of carbonyl (C=O) groups excluding carboxylic acids is 2. The van der Waals surface area contributed by atoms with Crippen LogP contribution in [0.3, 0.4) is 0 Å². The van der Waals surface area contributed by atoms with Gasteiger partial charge in [-0.05, 0) is 12.1 Å². The Morgan fingerprint density at radius 1 is 0.833 bits per heavy atom. The van der Waals surface area contributed by atoms with Gasteiger partial charge >= 0.3 is 11.9 Å². The fourth-order valence-corrected chi connectivity index (χ4v) is 2.42. The Balaban J connectivity index is 2.94. The highest BCUT2D eigenvalue weighted by molar-refractivity contribution is 6.05. The highest BCUT2D eigenvalue weighted by atomic mass is 16.5. The van der Waals surface area contributed by atoms with Crippen LogP contribution in [0.15, 0.2) is 18.2 Å². The molecule has 0 aromatic heterocycles. The van der Waals surface area contributed by atoms with E-state index in [9.17, 15) is 9.59 Å². The Labute approximate surface area is 139 Å². The number of esters is 2. The molecule has 0 atom stereocenters. The van der Waals surface area contributed by atoms with Crippen molar-refractivity contribution in [2.45, 2.75) is 6.92 Å². The van der Waals surface area contributed by atoms with Gasteiger partial charge in [0.2, 0.25) is 0 Å². The van der Waals surface area contributed by atoms with E-state index in [2.05, 4.69) is 0 Å². The summed E-state index contributed by atoms with van der Waals surface area (Å²) in [5, 5.41) is 0.978. The van der Waals surface area contributed by atoms with Crippen LogP contribution in [0.5, 0.6) is 23.0 Å². The third-order valence-corrected chi connectivity index (χ3v) is 3.40. The quantitative estimate of drug-likeness (QED) is 0.614. The summed E-state index contributed by atoms with van der Waals surface area (Å²) in [6.07, 6.45) is 0. The van der Waals surface area contributed by atoms with Crippen molar-refractivity contribution in [2.75, 3.05) is 28.4 Å². The lowest BCUT2D eigenvalue weighted by Gasteiger charge is -2.17. The molecular formula is C17H18O7. The Morgan fingerprint density at radius 2 is 1.50 bits per heavy atom. The van der Waals surface area contributed by atoms with Crippen LogP contribution >= 0.6 is 0 Å². The molecule has 0 heterocycles. The summed E-state index contributed by atoms with van der Waals surface area (Å²) in [6.45, 7) is 1.26. The normalized spacial score (nSPS) is 10.2. The van der Waals surface area contributed by atoms with Crippen LogP contribution in [0.4, 0.5) is 0 Å². The molecule has 0 N–H and O–H groups in total. The molecule has 0 aliphatic heterocycles. The van der Waals surface area contributed by atoms with Crippen molar-refractivity contribution >= 4 is 22.7 Å². The molecule has 0 aliphatic carbocycles.